The molecule has 0 radical (unpaired) electrons. The zero-order valence-corrected chi connectivity index (χ0v) is 19.3. The van der Waals surface area contributed by atoms with E-state index in [1.807, 2.05) is 30.3 Å². The first-order chi connectivity index (χ1) is 17.0. The second-order valence-corrected chi connectivity index (χ2v) is 7.14. The molecule has 180 valence electrons. The molecule has 35 heavy (non-hydrogen) atoms. The van der Waals surface area contributed by atoms with Gasteiger partial charge in [0, 0.05) is 5.69 Å². The van der Waals surface area contributed by atoms with E-state index in [1.54, 1.807) is 25.1 Å². The molecule has 2 N–H and O–H groups in total. The molecule has 0 heterocycles. The standard InChI is InChI=1S/C26H25N3O6/c1-3-34-26(32)20-10-12-21(13-11-20)28-24(30)25(31)29-27-16-19-9-14-22(23(15-19)33-2)35-17-18-7-5-4-6-8-18/h4-16H,3,17H2,1-2H3,(H,28,30)(H,29,31)/b27-16-. The minimum absolute atomic E-state index is 0.261. The average Bonchev–Trinajstić information content (AvgIpc) is 2.88. The predicted molar refractivity (Wildman–Crippen MR) is 131 cm³/mol. The minimum atomic E-state index is -0.953. The SMILES string of the molecule is CCOC(=O)c1ccc(NC(=O)C(=O)N/N=C\c2ccc(OCc3ccccc3)c(OC)c2)cc1. The van der Waals surface area contributed by atoms with Gasteiger partial charge in [0.25, 0.3) is 0 Å². The van der Waals surface area contributed by atoms with Crippen LogP contribution in [0, 0.1) is 0 Å². The number of esters is 1. The second-order valence-electron chi connectivity index (χ2n) is 7.14. The summed E-state index contributed by atoms with van der Waals surface area (Å²) < 4.78 is 16.1. The van der Waals surface area contributed by atoms with E-state index in [2.05, 4.69) is 15.8 Å². The maximum atomic E-state index is 12.1. The Hall–Kier alpha value is -4.66. The van der Waals surface area contributed by atoms with Crippen LogP contribution < -0.4 is 20.2 Å². The maximum Gasteiger partial charge on any atom is 0.338 e. The van der Waals surface area contributed by atoms with Gasteiger partial charge in [0.15, 0.2) is 11.5 Å². The smallest absolute Gasteiger partial charge is 0.338 e. The van der Waals surface area contributed by atoms with Crippen molar-refractivity contribution in [3.05, 3.63) is 89.5 Å². The first-order valence-electron chi connectivity index (χ1n) is 10.8. The molecule has 0 aliphatic heterocycles. The highest BCUT2D eigenvalue weighted by atomic mass is 16.5. The van der Waals surface area contributed by atoms with Crippen LogP contribution in [-0.4, -0.2) is 37.7 Å². The third-order valence-electron chi connectivity index (χ3n) is 4.66. The highest BCUT2D eigenvalue weighted by Gasteiger charge is 2.14. The van der Waals surface area contributed by atoms with Crippen LogP contribution in [0.5, 0.6) is 11.5 Å². The van der Waals surface area contributed by atoms with E-state index in [0.717, 1.165) is 5.56 Å². The van der Waals surface area contributed by atoms with Gasteiger partial charge < -0.3 is 19.5 Å². The van der Waals surface area contributed by atoms with Gasteiger partial charge in [-0.1, -0.05) is 30.3 Å². The van der Waals surface area contributed by atoms with E-state index in [-0.39, 0.29) is 6.61 Å². The van der Waals surface area contributed by atoms with Gasteiger partial charge in [-0.25, -0.2) is 10.2 Å². The molecule has 0 aliphatic carbocycles. The number of ether oxygens (including phenoxy) is 3. The number of amides is 2. The second kappa shape index (κ2) is 12.5. The lowest BCUT2D eigenvalue weighted by Crippen LogP contribution is -2.32. The third kappa shape index (κ3) is 7.43. The van der Waals surface area contributed by atoms with Gasteiger partial charge in [0.05, 0.1) is 25.5 Å². The number of methoxy groups -OCH3 is 1. The molecule has 9 nitrogen and oxygen atoms in total. The highest BCUT2D eigenvalue weighted by molar-refractivity contribution is 6.39. The first kappa shape index (κ1) is 25.0. The van der Waals surface area contributed by atoms with Gasteiger partial charge in [-0.2, -0.15) is 5.10 Å². The maximum absolute atomic E-state index is 12.1. The van der Waals surface area contributed by atoms with Crippen LogP contribution in [0.2, 0.25) is 0 Å². The summed E-state index contributed by atoms with van der Waals surface area (Å²) in [6, 6.07) is 20.9. The van der Waals surface area contributed by atoms with Crippen molar-refractivity contribution in [1.29, 1.82) is 0 Å². The molecule has 2 amide bonds. The molecule has 0 aliphatic rings. The molecular weight excluding hydrogens is 450 g/mol. The number of hydrazone groups is 1. The number of anilines is 1. The molecule has 0 atom stereocenters. The van der Waals surface area contributed by atoms with Gasteiger partial charge in [-0.15, -0.1) is 0 Å². The Balaban J connectivity index is 1.52. The molecule has 3 rings (SSSR count). The predicted octanol–water partition coefficient (Wildman–Crippen LogP) is 3.54. The van der Waals surface area contributed by atoms with Crippen molar-refractivity contribution in [3.63, 3.8) is 0 Å². The summed E-state index contributed by atoms with van der Waals surface area (Å²) in [5.41, 5.74) is 4.51. The summed E-state index contributed by atoms with van der Waals surface area (Å²) >= 11 is 0. The molecule has 3 aromatic rings. The molecule has 0 saturated carbocycles. The van der Waals surface area contributed by atoms with Crippen LogP contribution >= 0.6 is 0 Å². The van der Waals surface area contributed by atoms with Gasteiger partial charge in [0.1, 0.15) is 6.61 Å². The number of carbonyl (C=O) groups is 3. The number of benzene rings is 3. The Morgan fingerprint density at radius 3 is 2.34 bits per heavy atom. The number of hydrogen-bond donors (Lipinski definition) is 2. The van der Waals surface area contributed by atoms with Crippen LogP contribution in [-0.2, 0) is 20.9 Å². The normalized spacial score (nSPS) is 10.5. The van der Waals surface area contributed by atoms with Crippen molar-refractivity contribution in [1.82, 2.24) is 5.43 Å². The number of carbonyl (C=O) groups excluding carboxylic acids is 3. The lowest BCUT2D eigenvalue weighted by molar-refractivity contribution is -0.136. The minimum Gasteiger partial charge on any atom is -0.493 e. The van der Waals surface area contributed by atoms with E-state index >= 15 is 0 Å². The zero-order valence-electron chi connectivity index (χ0n) is 19.3. The van der Waals surface area contributed by atoms with Crippen molar-refractivity contribution < 1.29 is 28.6 Å². The molecule has 3 aromatic carbocycles. The van der Waals surface area contributed by atoms with Crippen molar-refractivity contribution in [2.75, 3.05) is 19.0 Å². The number of hydrogen-bond acceptors (Lipinski definition) is 7. The summed E-state index contributed by atoms with van der Waals surface area (Å²) in [5.74, 6) is -1.27. The third-order valence-corrected chi connectivity index (χ3v) is 4.66. The Bertz CT molecular complexity index is 1190. The van der Waals surface area contributed by atoms with Crippen molar-refractivity contribution in [3.8, 4) is 11.5 Å². The Labute approximate surface area is 202 Å². The van der Waals surface area contributed by atoms with E-state index in [1.165, 1.54) is 37.6 Å². The van der Waals surface area contributed by atoms with Gasteiger partial charge in [-0.3, -0.25) is 9.59 Å². The highest BCUT2D eigenvalue weighted by Crippen LogP contribution is 2.28. The quantitative estimate of drug-likeness (QED) is 0.212. The van der Waals surface area contributed by atoms with Gasteiger partial charge >= 0.3 is 17.8 Å². The van der Waals surface area contributed by atoms with Crippen LogP contribution in [0.25, 0.3) is 0 Å². The summed E-state index contributed by atoms with van der Waals surface area (Å²) in [7, 11) is 1.52. The first-order valence-corrected chi connectivity index (χ1v) is 10.8. The molecule has 0 aromatic heterocycles. The molecule has 0 unspecified atom stereocenters. The number of rotatable bonds is 9. The summed E-state index contributed by atoms with van der Waals surface area (Å²) in [4.78, 5) is 35.8. The lowest BCUT2D eigenvalue weighted by Gasteiger charge is -2.11. The summed E-state index contributed by atoms with van der Waals surface area (Å²) in [6.45, 7) is 2.36. The van der Waals surface area contributed by atoms with Crippen LogP contribution in [0.3, 0.4) is 0 Å². The van der Waals surface area contributed by atoms with E-state index in [4.69, 9.17) is 14.2 Å². The lowest BCUT2D eigenvalue weighted by atomic mass is 10.2. The van der Waals surface area contributed by atoms with Crippen LogP contribution in [0.4, 0.5) is 5.69 Å². The number of nitrogens with one attached hydrogen (secondary N) is 2. The van der Waals surface area contributed by atoms with E-state index in [9.17, 15) is 14.4 Å². The molecule has 0 fully saturated rings. The monoisotopic (exact) mass is 475 g/mol. The molecule has 0 bridgehead atoms. The fourth-order valence-corrected chi connectivity index (χ4v) is 2.93. The summed E-state index contributed by atoms with van der Waals surface area (Å²) in [6.07, 6.45) is 1.38. The average molecular weight is 476 g/mol. The molecule has 9 heteroatoms. The molecular formula is C26H25N3O6. The largest absolute Gasteiger partial charge is 0.493 e. The Kier molecular flexibility index (Phi) is 8.95. The fraction of sp³-hybridized carbons (Fsp3) is 0.154. The van der Waals surface area contributed by atoms with Crippen molar-refractivity contribution in [2.45, 2.75) is 13.5 Å². The van der Waals surface area contributed by atoms with E-state index < -0.39 is 17.8 Å². The Morgan fingerprint density at radius 1 is 0.914 bits per heavy atom. The Morgan fingerprint density at radius 2 is 1.66 bits per heavy atom. The van der Waals surface area contributed by atoms with Crippen LogP contribution in [0.1, 0.15) is 28.4 Å². The van der Waals surface area contributed by atoms with Gasteiger partial charge in [-0.05, 0) is 60.5 Å². The summed E-state index contributed by atoms with van der Waals surface area (Å²) in [5, 5.41) is 6.25. The van der Waals surface area contributed by atoms with Crippen molar-refractivity contribution in [2.24, 2.45) is 5.10 Å². The molecule has 0 spiro atoms. The fourth-order valence-electron chi connectivity index (χ4n) is 2.93. The molecule has 0 saturated heterocycles. The van der Waals surface area contributed by atoms with Gasteiger partial charge in [0.2, 0.25) is 0 Å². The van der Waals surface area contributed by atoms with E-state index in [0.29, 0.717) is 34.9 Å². The number of nitrogens with zero attached hydrogens (tertiary/aromatic N) is 1. The van der Waals surface area contributed by atoms with Crippen molar-refractivity contribution >= 4 is 29.7 Å². The van der Waals surface area contributed by atoms with Crippen LogP contribution in [0.15, 0.2) is 77.9 Å². The zero-order chi connectivity index (χ0) is 25.0. The topological polar surface area (TPSA) is 115 Å².